The van der Waals surface area contributed by atoms with Crippen molar-refractivity contribution in [3.63, 3.8) is 0 Å². The minimum Gasteiger partial charge on any atom is -0.341 e. The Morgan fingerprint density at radius 3 is 2.14 bits per heavy atom. The van der Waals surface area contributed by atoms with Gasteiger partial charge in [-0.1, -0.05) is 63.3 Å². The van der Waals surface area contributed by atoms with E-state index >= 15 is 0 Å². The van der Waals surface area contributed by atoms with E-state index in [1.54, 1.807) is 21.1 Å². The summed E-state index contributed by atoms with van der Waals surface area (Å²) >= 11 is 0. The Labute approximate surface area is 135 Å². The number of unbranched alkanes of at least 4 members (excludes halogenated alkanes) is 6. The lowest BCUT2D eigenvalue weighted by molar-refractivity contribution is -0.788. The van der Waals surface area contributed by atoms with E-state index < -0.39 is 11.8 Å². The fourth-order valence-electron chi connectivity index (χ4n) is 1.90. The van der Waals surface area contributed by atoms with Gasteiger partial charge in [-0.15, -0.1) is 0 Å². The van der Waals surface area contributed by atoms with E-state index in [0.717, 1.165) is 6.42 Å². The van der Waals surface area contributed by atoms with E-state index in [2.05, 4.69) is 18.3 Å². The molecule has 0 saturated carbocycles. The van der Waals surface area contributed by atoms with Gasteiger partial charge in [0.05, 0.1) is 21.1 Å². The number of rotatable bonds is 10. The molecule has 0 aromatic carbocycles. The number of hydrogen-bond donors (Lipinski definition) is 1. The summed E-state index contributed by atoms with van der Waals surface area (Å²) in [5.41, 5.74) is 0. The minimum atomic E-state index is -0.534. The number of nitrogens with zero attached hydrogens (tertiary/aromatic N) is 1. The molecule has 0 atom stereocenters. The number of carbonyl (C=O) groups excluding carboxylic acids is 2. The van der Waals surface area contributed by atoms with Crippen LogP contribution in [0.2, 0.25) is 0 Å². The van der Waals surface area contributed by atoms with Crippen LogP contribution in [0.1, 0.15) is 51.9 Å². The molecule has 0 saturated heterocycles. The minimum absolute atomic E-state index is 0.00765. The summed E-state index contributed by atoms with van der Waals surface area (Å²) in [5, 5.41) is 2.59. The molecule has 0 radical (unpaired) electrons. The lowest BCUT2D eigenvalue weighted by atomic mass is 10.1. The molecular weight excluding hydrogens is 276 g/mol. The van der Waals surface area contributed by atoms with Crippen molar-refractivity contribution >= 4 is 11.8 Å². The van der Waals surface area contributed by atoms with E-state index in [0.29, 0.717) is 6.54 Å². The number of quaternary nitrogens is 1. The molecule has 4 heteroatoms. The van der Waals surface area contributed by atoms with Crippen molar-refractivity contribution in [3.8, 4) is 0 Å². The molecule has 0 aromatic rings. The van der Waals surface area contributed by atoms with Crippen LogP contribution in [0.25, 0.3) is 0 Å². The van der Waals surface area contributed by atoms with Crippen LogP contribution in [0.15, 0.2) is 24.3 Å². The molecular formula is C18H33N2O2+. The highest BCUT2D eigenvalue weighted by molar-refractivity contribution is 6.31. The number of hydrogen-bond acceptors (Lipinski definition) is 2. The second kappa shape index (κ2) is 12.2. The summed E-state index contributed by atoms with van der Waals surface area (Å²) in [6.45, 7) is 2.61. The highest BCUT2D eigenvalue weighted by atomic mass is 16.2. The molecule has 22 heavy (non-hydrogen) atoms. The summed E-state index contributed by atoms with van der Waals surface area (Å²) < 4.78 is 0.00765. The van der Waals surface area contributed by atoms with Gasteiger partial charge in [0.25, 0.3) is 0 Å². The zero-order valence-corrected chi connectivity index (χ0v) is 14.7. The molecule has 0 aliphatic rings. The van der Waals surface area contributed by atoms with E-state index in [4.69, 9.17) is 0 Å². The van der Waals surface area contributed by atoms with Crippen LogP contribution in [0.3, 0.4) is 0 Å². The van der Waals surface area contributed by atoms with E-state index in [-0.39, 0.29) is 4.48 Å². The summed E-state index contributed by atoms with van der Waals surface area (Å²) in [6, 6.07) is 0. The van der Waals surface area contributed by atoms with Gasteiger partial charge in [0.15, 0.2) is 0 Å². The predicted molar refractivity (Wildman–Crippen MR) is 92.3 cm³/mol. The molecule has 0 bridgehead atoms. The van der Waals surface area contributed by atoms with Crippen LogP contribution in [-0.2, 0) is 9.59 Å². The Balaban J connectivity index is 3.64. The van der Waals surface area contributed by atoms with Crippen molar-refractivity contribution < 1.29 is 14.1 Å². The first kappa shape index (κ1) is 20.6. The first-order chi connectivity index (χ1) is 10.4. The molecule has 0 fully saturated rings. The molecule has 0 unspecified atom stereocenters. The van der Waals surface area contributed by atoms with E-state index in [1.165, 1.54) is 38.5 Å². The Bertz CT molecular complexity index is 379. The predicted octanol–water partition coefficient (Wildman–Crippen LogP) is 3.20. The number of carbonyl (C=O) groups is 2. The van der Waals surface area contributed by atoms with Crippen molar-refractivity contribution in [2.24, 2.45) is 0 Å². The van der Waals surface area contributed by atoms with Crippen LogP contribution >= 0.6 is 0 Å². The van der Waals surface area contributed by atoms with Crippen molar-refractivity contribution in [2.75, 3.05) is 27.7 Å². The molecule has 126 valence electrons. The third-order valence-corrected chi connectivity index (χ3v) is 3.29. The van der Waals surface area contributed by atoms with Crippen molar-refractivity contribution in [2.45, 2.75) is 51.9 Å². The first-order valence-corrected chi connectivity index (χ1v) is 8.35. The van der Waals surface area contributed by atoms with Crippen LogP contribution in [-0.4, -0.2) is 44.0 Å². The Morgan fingerprint density at radius 1 is 0.909 bits per heavy atom. The molecule has 0 heterocycles. The molecule has 0 aromatic heterocycles. The number of likely N-dealkylation sites (N-methyl/N-ethyl adjacent to an activating group) is 1. The fourth-order valence-corrected chi connectivity index (χ4v) is 1.90. The van der Waals surface area contributed by atoms with Crippen molar-refractivity contribution in [1.82, 2.24) is 5.32 Å². The van der Waals surface area contributed by atoms with Gasteiger partial charge >= 0.3 is 11.8 Å². The first-order valence-electron chi connectivity index (χ1n) is 8.35. The van der Waals surface area contributed by atoms with Crippen molar-refractivity contribution in [3.05, 3.63) is 24.3 Å². The number of allylic oxidation sites excluding steroid dienone is 3. The average Bonchev–Trinajstić information content (AvgIpc) is 2.46. The van der Waals surface area contributed by atoms with E-state index in [9.17, 15) is 9.59 Å². The maximum atomic E-state index is 11.6. The van der Waals surface area contributed by atoms with Gasteiger partial charge in [-0.2, -0.15) is 0 Å². The summed E-state index contributed by atoms with van der Waals surface area (Å²) in [5.74, 6) is -0.972. The SMILES string of the molecule is CCCCCCCCC=CC=CCNC(=O)C(=O)[N+](C)(C)C. The highest BCUT2D eigenvalue weighted by Crippen LogP contribution is 2.07. The molecule has 0 rings (SSSR count). The van der Waals surface area contributed by atoms with Gasteiger partial charge in [0.2, 0.25) is 0 Å². The van der Waals surface area contributed by atoms with Gasteiger partial charge in [-0.3, -0.25) is 9.28 Å². The molecule has 4 nitrogen and oxygen atoms in total. The third-order valence-electron chi connectivity index (χ3n) is 3.29. The largest absolute Gasteiger partial charge is 0.402 e. The van der Waals surface area contributed by atoms with Gasteiger partial charge in [-0.25, -0.2) is 4.79 Å². The smallest absolute Gasteiger partial charge is 0.341 e. The number of amides is 2. The van der Waals surface area contributed by atoms with Gasteiger partial charge in [0.1, 0.15) is 0 Å². The highest BCUT2D eigenvalue weighted by Gasteiger charge is 2.28. The molecule has 2 amide bonds. The van der Waals surface area contributed by atoms with Gasteiger partial charge in [-0.05, 0) is 12.8 Å². The van der Waals surface area contributed by atoms with Crippen LogP contribution in [0.5, 0.6) is 0 Å². The second-order valence-corrected chi connectivity index (χ2v) is 6.44. The maximum Gasteiger partial charge on any atom is 0.402 e. The quantitative estimate of drug-likeness (QED) is 0.291. The van der Waals surface area contributed by atoms with Crippen LogP contribution in [0, 0.1) is 0 Å². The molecule has 0 spiro atoms. The monoisotopic (exact) mass is 309 g/mol. The summed E-state index contributed by atoms with van der Waals surface area (Å²) in [7, 11) is 5.05. The van der Waals surface area contributed by atoms with Crippen molar-refractivity contribution in [1.29, 1.82) is 0 Å². The van der Waals surface area contributed by atoms with Crippen LogP contribution in [0.4, 0.5) is 0 Å². The zero-order valence-electron chi connectivity index (χ0n) is 14.7. The molecule has 0 aliphatic carbocycles. The average molecular weight is 309 g/mol. The standard InChI is InChI=1S/C18H32N2O2/c1-5-6-7-8-9-10-11-12-13-14-15-16-19-17(21)18(22)20(2,3)4/h12-15H,5-11,16H2,1-4H3/p+1. The second-order valence-electron chi connectivity index (χ2n) is 6.44. The lowest BCUT2D eigenvalue weighted by Crippen LogP contribution is -2.50. The Kier molecular flexibility index (Phi) is 11.4. The summed E-state index contributed by atoms with van der Waals surface area (Å²) in [6.07, 6.45) is 16.9. The normalized spacial score (nSPS) is 12.2. The van der Waals surface area contributed by atoms with Gasteiger partial charge in [0, 0.05) is 6.54 Å². The Hall–Kier alpha value is -1.42. The zero-order chi connectivity index (χ0) is 16.8. The topological polar surface area (TPSA) is 46.2 Å². The summed E-state index contributed by atoms with van der Waals surface area (Å²) in [4.78, 5) is 23.2. The lowest BCUT2D eigenvalue weighted by Gasteiger charge is -2.19. The van der Waals surface area contributed by atoms with Crippen LogP contribution < -0.4 is 5.32 Å². The molecule has 0 aliphatic heterocycles. The maximum absolute atomic E-state index is 11.6. The van der Waals surface area contributed by atoms with Gasteiger partial charge < -0.3 is 5.32 Å². The Morgan fingerprint density at radius 2 is 1.50 bits per heavy atom. The fraction of sp³-hybridized carbons (Fsp3) is 0.667. The van der Waals surface area contributed by atoms with E-state index in [1.807, 2.05) is 18.2 Å². The molecule has 1 N–H and O–H groups in total. The number of nitrogens with one attached hydrogen (secondary N) is 1. The third kappa shape index (κ3) is 11.3.